The fraction of sp³-hybridized carbons (Fsp3) is 0.562. The van der Waals surface area contributed by atoms with E-state index in [2.05, 4.69) is 18.3 Å². The van der Waals surface area contributed by atoms with E-state index in [1.54, 1.807) is 0 Å². The molecule has 1 aliphatic rings. The first-order valence-corrected chi connectivity index (χ1v) is 7.23. The molecule has 0 spiro atoms. The van der Waals surface area contributed by atoms with Crippen molar-refractivity contribution in [2.45, 2.75) is 44.6 Å². The molecule has 1 aromatic rings. The number of benzene rings is 1. The number of nitriles is 1. The van der Waals surface area contributed by atoms with Crippen molar-refractivity contribution in [1.82, 2.24) is 0 Å². The van der Waals surface area contributed by atoms with Crippen molar-refractivity contribution < 1.29 is 5.11 Å². The molecule has 4 N–H and O–H groups in total. The highest BCUT2D eigenvalue weighted by Crippen LogP contribution is 2.34. The third kappa shape index (κ3) is 3.23. The van der Waals surface area contributed by atoms with Gasteiger partial charge in [-0.05, 0) is 55.4 Å². The van der Waals surface area contributed by atoms with Crippen LogP contribution in [0.4, 0.5) is 11.4 Å². The van der Waals surface area contributed by atoms with Gasteiger partial charge >= 0.3 is 0 Å². The van der Waals surface area contributed by atoms with Crippen LogP contribution >= 0.6 is 0 Å². The molecule has 1 fully saturated rings. The highest BCUT2D eigenvalue weighted by atomic mass is 16.3. The van der Waals surface area contributed by atoms with Gasteiger partial charge in [0.25, 0.3) is 0 Å². The minimum Gasteiger partial charge on any atom is -0.398 e. The van der Waals surface area contributed by atoms with Gasteiger partial charge in [-0.25, -0.2) is 0 Å². The molecular weight excluding hydrogens is 250 g/mol. The molecule has 1 aromatic carbocycles. The van der Waals surface area contributed by atoms with Crippen molar-refractivity contribution in [2.24, 2.45) is 5.92 Å². The predicted molar refractivity (Wildman–Crippen MR) is 81.2 cm³/mol. The summed E-state index contributed by atoms with van der Waals surface area (Å²) < 4.78 is 0. The summed E-state index contributed by atoms with van der Waals surface area (Å²) in [4.78, 5) is 0. The zero-order chi connectivity index (χ0) is 14.6. The van der Waals surface area contributed by atoms with Crippen LogP contribution in [0.5, 0.6) is 0 Å². The number of nitrogens with two attached hydrogens (primary N) is 1. The van der Waals surface area contributed by atoms with E-state index in [9.17, 15) is 5.11 Å². The number of aliphatic hydroxyl groups excluding tert-OH is 1. The molecule has 4 nitrogen and oxygen atoms in total. The van der Waals surface area contributed by atoms with Crippen molar-refractivity contribution in [3.05, 3.63) is 23.8 Å². The van der Waals surface area contributed by atoms with E-state index in [4.69, 9.17) is 11.0 Å². The van der Waals surface area contributed by atoms with E-state index in [-0.39, 0.29) is 12.1 Å². The van der Waals surface area contributed by atoms with Crippen molar-refractivity contribution in [3.63, 3.8) is 0 Å². The van der Waals surface area contributed by atoms with E-state index in [0.717, 1.165) is 42.9 Å². The first-order valence-electron chi connectivity index (χ1n) is 7.23. The summed E-state index contributed by atoms with van der Waals surface area (Å²) in [7, 11) is 0. The molecule has 4 heteroatoms. The number of hydrogen-bond acceptors (Lipinski definition) is 4. The molecule has 0 atom stereocenters. The van der Waals surface area contributed by atoms with Crippen molar-refractivity contribution >= 4 is 11.4 Å². The Hall–Kier alpha value is -1.73. The average molecular weight is 273 g/mol. The normalized spacial score (nSPS) is 25.9. The van der Waals surface area contributed by atoms with Gasteiger partial charge in [0.1, 0.15) is 0 Å². The van der Waals surface area contributed by atoms with Gasteiger partial charge in [-0.15, -0.1) is 0 Å². The van der Waals surface area contributed by atoms with Gasteiger partial charge in [-0.3, -0.25) is 0 Å². The van der Waals surface area contributed by atoms with Crippen LogP contribution in [-0.4, -0.2) is 17.3 Å². The lowest BCUT2D eigenvalue weighted by molar-refractivity contribution is 0.155. The van der Waals surface area contributed by atoms with Gasteiger partial charge in [-0.1, -0.05) is 6.92 Å². The van der Waals surface area contributed by atoms with E-state index < -0.39 is 0 Å². The second kappa shape index (κ2) is 6.15. The molecule has 1 aliphatic carbocycles. The van der Waals surface area contributed by atoms with Crippen molar-refractivity contribution in [1.29, 1.82) is 5.26 Å². The summed E-state index contributed by atoms with van der Waals surface area (Å²) in [6.45, 7) is 2.40. The summed E-state index contributed by atoms with van der Waals surface area (Å²) in [5.74, 6) is 0.733. The van der Waals surface area contributed by atoms with Gasteiger partial charge in [0.2, 0.25) is 0 Å². The largest absolute Gasteiger partial charge is 0.398 e. The fourth-order valence-corrected chi connectivity index (χ4v) is 2.87. The van der Waals surface area contributed by atoms with E-state index in [0.29, 0.717) is 12.1 Å². The Morgan fingerprint density at radius 1 is 1.45 bits per heavy atom. The lowest BCUT2D eigenvalue weighted by Gasteiger charge is -2.39. The van der Waals surface area contributed by atoms with Crippen molar-refractivity contribution in [3.8, 4) is 6.07 Å². The van der Waals surface area contributed by atoms with Gasteiger partial charge in [-0.2, -0.15) is 5.26 Å². The Balaban J connectivity index is 2.16. The minimum absolute atomic E-state index is 0.137. The number of nitrogens with zero attached hydrogens (tertiary/aromatic N) is 1. The zero-order valence-corrected chi connectivity index (χ0v) is 12.0. The summed E-state index contributed by atoms with van der Waals surface area (Å²) in [5.41, 5.74) is 8.06. The second-order valence-electron chi connectivity index (χ2n) is 5.99. The number of anilines is 2. The minimum atomic E-state index is -0.230. The van der Waals surface area contributed by atoms with Crippen LogP contribution in [0.25, 0.3) is 0 Å². The van der Waals surface area contributed by atoms with E-state index >= 15 is 0 Å². The highest BCUT2D eigenvalue weighted by Gasteiger charge is 2.33. The Kier molecular flexibility index (Phi) is 4.51. The van der Waals surface area contributed by atoms with Gasteiger partial charge in [0.05, 0.1) is 24.6 Å². The first kappa shape index (κ1) is 14.7. The molecule has 0 saturated heterocycles. The van der Waals surface area contributed by atoms with Gasteiger partial charge < -0.3 is 16.2 Å². The molecule has 0 amide bonds. The summed E-state index contributed by atoms with van der Waals surface area (Å²) in [6.07, 6.45) is 4.52. The number of nitrogen functional groups attached to an aromatic ring is 1. The molecule has 0 bridgehead atoms. The quantitative estimate of drug-likeness (QED) is 0.737. The zero-order valence-electron chi connectivity index (χ0n) is 12.0. The second-order valence-corrected chi connectivity index (χ2v) is 5.99. The van der Waals surface area contributed by atoms with Gasteiger partial charge in [0, 0.05) is 11.4 Å². The predicted octanol–water partition coefficient (Wildman–Crippen LogP) is 2.69. The molecule has 0 heterocycles. The molecule has 0 radical (unpaired) electrons. The highest BCUT2D eigenvalue weighted by molar-refractivity contribution is 5.59. The maximum atomic E-state index is 9.78. The fourth-order valence-electron chi connectivity index (χ4n) is 2.87. The van der Waals surface area contributed by atoms with Gasteiger partial charge in [0.15, 0.2) is 0 Å². The molecule has 2 rings (SSSR count). The number of nitrogens with one attached hydrogen (secondary N) is 1. The molecule has 0 unspecified atom stereocenters. The van der Waals surface area contributed by atoms with Crippen LogP contribution in [0.15, 0.2) is 18.2 Å². The van der Waals surface area contributed by atoms with Crippen molar-refractivity contribution in [2.75, 3.05) is 17.7 Å². The van der Waals surface area contributed by atoms with Crippen LogP contribution in [0, 0.1) is 17.2 Å². The Labute approximate surface area is 120 Å². The van der Waals surface area contributed by atoms with Crippen LogP contribution in [-0.2, 0) is 6.42 Å². The average Bonchev–Trinajstić information content (AvgIpc) is 2.46. The van der Waals surface area contributed by atoms with Crippen LogP contribution in [0.3, 0.4) is 0 Å². The molecule has 1 saturated carbocycles. The first-order chi connectivity index (χ1) is 9.58. The SMILES string of the molecule is CC1CCC(CO)(Nc2ccc(N)c(CC#N)c2)CC1. The Morgan fingerprint density at radius 3 is 2.75 bits per heavy atom. The third-order valence-corrected chi connectivity index (χ3v) is 4.36. The van der Waals surface area contributed by atoms with E-state index in [1.807, 2.05) is 18.2 Å². The topological polar surface area (TPSA) is 82.1 Å². The maximum absolute atomic E-state index is 9.78. The lowest BCUT2D eigenvalue weighted by Crippen LogP contribution is -2.45. The monoisotopic (exact) mass is 273 g/mol. The summed E-state index contributed by atoms with van der Waals surface area (Å²) >= 11 is 0. The van der Waals surface area contributed by atoms with E-state index in [1.165, 1.54) is 0 Å². The molecule has 108 valence electrons. The number of hydrogen-bond donors (Lipinski definition) is 3. The lowest BCUT2D eigenvalue weighted by atomic mass is 9.77. The Bertz CT molecular complexity index is 499. The summed E-state index contributed by atoms with van der Waals surface area (Å²) in [5, 5.41) is 22.1. The molecule has 0 aliphatic heterocycles. The van der Waals surface area contributed by atoms with Crippen LogP contribution in [0.2, 0.25) is 0 Å². The number of rotatable bonds is 4. The standard InChI is InChI=1S/C16H23N3O/c1-12-4-7-16(11-20,8-5-12)19-14-2-3-15(18)13(10-14)6-9-17/h2-3,10,12,19-20H,4-8,11,18H2,1H3. The number of aliphatic hydroxyl groups is 1. The smallest absolute Gasteiger partial charge is 0.0670 e. The molecule has 0 aromatic heterocycles. The van der Waals surface area contributed by atoms with Crippen LogP contribution < -0.4 is 11.1 Å². The molecule has 20 heavy (non-hydrogen) atoms. The molecular formula is C16H23N3O. The summed E-state index contributed by atoms with van der Waals surface area (Å²) in [6, 6.07) is 7.80. The Morgan fingerprint density at radius 2 is 2.15 bits per heavy atom. The third-order valence-electron chi connectivity index (χ3n) is 4.36. The van der Waals surface area contributed by atoms with Crippen LogP contribution in [0.1, 0.15) is 38.2 Å². The maximum Gasteiger partial charge on any atom is 0.0670 e.